The maximum Gasteiger partial charge on any atom is 0.248 e. The lowest BCUT2D eigenvalue weighted by molar-refractivity contribution is -0.135. The summed E-state index contributed by atoms with van der Waals surface area (Å²) in [6, 6.07) is 10.2. The molecule has 30 heavy (non-hydrogen) atoms. The SMILES string of the molecule is COCCOCC(=O)N1CC[C@@]2(COCc3cnc(NCc4ccccc4)nc32)C1. The molecule has 0 unspecified atom stereocenters. The summed E-state index contributed by atoms with van der Waals surface area (Å²) in [7, 11) is 1.61. The Bertz CT molecular complexity index is 863. The van der Waals surface area contributed by atoms with Crippen LogP contribution in [0.2, 0.25) is 0 Å². The number of methoxy groups -OCH3 is 1. The van der Waals surface area contributed by atoms with E-state index < -0.39 is 0 Å². The summed E-state index contributed by atoms with van der Waals surface area (Å²) in [4.78, 5) is 23.7. The zero-order valence-corrected chi connectivity index (χ0v) is 17.3. The Kier molecular flexibility index (Phi) is 6.56. The van der Waals surface area contributed by atoms with E-state index in [-0.39, 0.29) is 17.9 Å². The van der Waals surface area contributed by atoms with Gasteiger partial charge in [0.15, 0.2) is 0 Å². The number of nitrogens with one attached hydrogen (secondary N) is 1. The zero-order valence-electron chi connectivity index (χ0n) is 17.3. The summed E-state index contributed by atoms with van der Waals surface area (Å²) in [6.07, 6.45) is 2.66. The first-order chi connectivity index (χ1) is 14.7. The lowest BCUT2D eigenvalue weighted by Gasteiger charge is -2.34. The van der Waals surface area contributed by atoms with E-state index in [2.05, 4.69) is 22.4 Å². The van der Waals surface area contributed by atoms with Gasteiger partial charge in [-0.15, -0.1) is 0 Å². The number of aromatic nitrogens is 2. The van der Waals surface area contributed by atoms with Crippen molar-refractivity contribution in [3.8, 4) is 0 Å². The number of fused-ring (bicyclic) bond motifs is 2. The summed E-state index contributed by atoms with van der Waals surface area (Å²) in [5.74, 6) is 0.595. The fraction of sp³-hybridized carbons (Fsp3) is 0.500. The molecular formula is C22H28N4O4. The normalized spacial score (nSPS) is 20.4. The van der Waals surface area contributed by atoms with Crippen LogP contribution in [0.3, 0.4) is 0 Å². The molecule has 1 N–H and O–H groups in total. The standard InChI is InChI=1S/C22H28N4O4/c1-28-9-10-29-14-19(27)26-8-7-22(15-26)16-30-13-18-12-24-21(25-20(18)22)23-11-17-5-3-2-4-6-17/h2-6,12H,7-11,13-16H2,1H3,(H,23,24,25)/t22-/m0/s1. The maximum absolute atomic E-state index is 12.5. The van der Waals surface area contributed by atoms with E-state index in [0.29, 0.717) is 52.0 Å². The summed E-state index contributed by atoms with van der Waals surface area (Å²) in [6.45, 7) is 3.94. The largest absolute Gasteiger partial charge is 0.382 e. The zero-order chi connectivity index (χ0) is 20.8. The summed E-state index contributed by atoms with van der Waals surface area (Å²) in [5.41, 5.74) is 2.87. The summed E-state index contributed by atoms with van der Waals surface area (Å²) >= 11 is 0. The Hall–Kier alpha value is -2.55. The molecule has 2 aliphatic rings. The first-order valence-corrected chi connectivity index (χ1v) is 10.3. The minimum absolute atomic E-state index is 0.00779. The van der Waals surface area contributed by atoms with Crippen LogP contribution < -0.4 is 5.32 Å². The Morgan fingerprint density at radius 3 is 3.00 bits per heavy atom. The van der Waals surface area contributed by atoms with Crippen LogP contribution in [-0.2, 0) is 37.6 Å². The molecule has 0 aliphatic carbocycles. The van der Waals surface area contributed by atoms with Crippen LogP contribution in [0.15, 0.2) is 36.5 Å². The quantitative estimate of drug-likeness (QED) is 0.661. The number of rotatable bonds is 8. The van der Waals surface area contributed by atoms with Crippen molar-refractivity contribution >= 4 is 11.9 Å². The summed E-state index contributed by atoms with van der Waals surface area (Å²) < 4.78 is 16.2. The van der Waals surface area contributed by atoms with Gasteiger partial charge in [-0.2, -0.15) is 0 Å². The number of benzene rings is 1. The molecule has 160 valence electrons. The van der Waals surface area contributed by atoms with E-state index in [9.17, 15) is 4.79 Å². The molecule has 4 rings (SSSR count). The molecule has 1 aromatic carbocycles. The van der Waals surface area contributed by atoms with Gasteiger partial charge >= 0.3 is 0 Å². The molecule has 8 heteroatoms. The van der Waals surface area contributed by atoms with Gasteiger partial charge < -0.3 is 24.4 Å². The molecular weight excluding hydrogens is 384 g/mol. The van der Waals surface area contributed by atoms with Crippen LogP contribution in [0.25, 0.3) is 0 Å². The number of anilines is 1. The van der Waals surface area contributed by atoms with Crippen molar-refractivity contribution < 1.29 is 19.0 Å². The van der Waals surface area contributed by atoms with Crippen molar-refractivity contribution in [2.45, 2.75) is 25.0 Å². The topological polar surface area (TPSA) is 85.8 Å². The number of hydrogen-bond acceptors (Lipinski definition) is 7. The number of carbonyl (C=O) groups excluding carboxylic acids is 1. The highest BCUT2D eigenvalue weighted by Gasteiger charge is 2.46. The van der Waals surface area contributed by atoms with Gasteiger partial charge in [0.25, 0.3) is 0 Å². The second kappa shape index (κ2) is 9.51. The van der Waals surface area contributed by atoms with Gasteiger partial charge in [-0.3, -0.25) is 4.79 Å². The molecule has 1 saturated heterocycles. The fourth-order valence-corrected chi connectivity index (χ4v) is 4.05. The van der Waals surface area contributed by atoms with Crippen LogP contribution in [-0.4, -0.2) is 67.4 Å². The highest BCUT2D eigenvalue weighted by molar-refractivity contribution is 5.78. The maximum atomic E-state index is 12.5. The number of hydrogen-bond donors (Lipinski definition) is 1. The van der Waals surface area contributed by atoms with Crippen molar-refractivity contribution in [3.63, 3.8) is 0 Å². The van der Waals surface area contributed by atoms with E-state index in [1.54, 1.807) is 7.11 Å². The van der Waals surface area contributed by atoms with Gasteiger partial charge in [-0.05, 0) is 12.0 Å². The van der Waals surface area contributed by atoms with Crippen molar-refractivity contribution in [3.05, 3.63) is 53.3 Å². The number of amides is 1. The molecule has 1 amide bonds. The third kappa shape index (κ3) is 4.61. The van der Waals surface area contributed by atoms with Gasteiger partial charge in [0.1, 0.15) is 6.61 Å². The van der Waals surface area contributed by atoms with Gasteiger partial charge in [0.05, 0.1) is 37.5 Å². The molecule has 1 atom stereocenters. The van der Waals surface area contributed by atoms with Crippen molar-refractivity contribution in [2.24, 2.45) is 0 Å². The number of likely N-dealkylation sites (tertiary alicyclic amines) is 1. The van der Waals surface area contributed by atoms with Crippen LogP contribution in [0.4, 0.5) is 5.95 Å². The van der Waals surface area contributed by atoms with Gasteiger partial charge in [-0.25, -0.2) is 9.97 Å². The lowest BCUT2D eigenvalue weighted by atomic mass is 9.80. The van der Waals surface area contributed by atoms with E-state index in [0.717, 1.165) is 17.7 Å². The van der Waals surface area contributed by atoms with Crippen LogP contribution >= 0.6 is 0 Å². The Labute approximate surface area is 176 Å². The molecule has 1 fully saturated rings. The van der Waals surface area contributed by atoms with Crippen molar-refractivity contribution in [1.29, 1.82) is 0 Å². The molecule has 0 radical (unpaired) electrons. The van der Waals surface area contributed by atoms with Crippen LogP contribution in [0.5, 0.6) is 0 Å². The third-order valence-corrected chi connectivity index (χ3v) is 5.66. The molecule has 8 nitrogen and oxygen atoms in total. The van der Waals surface area contributed by atoms with E-state index in [4.69, 9.17) is 19.2 Å². The Balaban J connectivity index is 1.44. The fourth-order valence-electron chi connectivity index (χ4n) is 4.05. The molecule has 1 spiro atoms. The summed E-state index contributed by atoms with van der Waals surface area (Å²) in [5, 5.41) is 3.32. The predicted molar refractivity (Wildman–Crippen MR) is 111 cm³/mol. The predicted octanol–water partition coefficient (Wildman–Crippen LogP) is 1.75. The molecule has 3 heterocycles. The first-order valence-electron chi connectivity index (χ1n) is 10.3. The average Bonchev–Trinajstić information content (AvgIpc) is 3.21. The number of nitrogens with zero attached hydrogens (tertiary/aromatic N) is 3. The second-order valence-electron chi connectivity index (χ2n) is 7.79. The molecule has 1 aromatic heterocycles. The smallest absolute Gasteiger partial charge is 0.248 e. The third-order valence-electron chi connectivity index (χ3n) is 5.66. The Morgan fingerprint density at radius 1 is 1.30 bits per heavy atom. The van der Waals surface area contributed by atoms with E-state index >= 15 is 0 Å². The average molecular weight is 412 g/mol. The van der Waals surface area contributed by atoms with E-state index in [1.807, 2.05) is 29.3 Å². The molecule has 0 saturated carbocycles. The van der Waals surface area contributed by atoms with Gasteiger partial charge in [0, 0.05) is 38.5 Å². The minimum atomic E-state index is -0.290. The van der Waals surface area contributed by atoms with Gasteiger partial charge in [0.2, 0.25) is 11.9 Å². The highest BCUT2D eigenvalue weighted by atomic mass is 16.5. The molecule has 0 bridgehead atoms. The van der Waals surface area contributed by atoms with Crippen molar-refractivity contribution in [1.82, 2.24) is 14.9 Å². The minimum Gasteiger partial charge on any atom is -0.382 e. The van der Waals surface area contributed by atoms with Crippen LogP contribution in [0.1, 0.15) is 23.2 Å². The highest BCUT2D eigenvalue weighted by Crippen LogP contribution is 2.39. The number of ether oxygens (including phenoxy) is 3. The molecule has 2 aromatic rings. The molecule has 2 aliphatic heterocycles. The lowest BCUT2D eigenvalue weighted by Crippen LogP contribution is -2.42. The first kappa shape index (κ1) is 20.7. The monoisotopic (exact) mass is 412 g/mol. The Morgan fingerprint density at radius 2 is 2.17 bits per heavy atom. The van der Waals surface area contributed by atoms with E-state index in [1.165, 1.54) is 5.56 Å². The second-order valence-corrected chi connectivity index (χ2v) is 7.79. The van der Waals surface area contributed by atoms with Crippen LogP contribution in [0, 0.1) is 0 Å². The van der Waals surface area contributed by atoms with Crippen molar-refractivity contribution in [2.75, 3.05) is 51.9 Å². The number of carbonyl (C=O) groups is 1. The van der Waals surface area contributed by atoms with Gasteiger partial charge in [-0.1, -0.05) is 30.3 Å².